The second-order valence-corrected chi connectivity index (χ2v) is 10.0. The first-order chi connectivity index (χ1) is 16.4. The molecule has 0 atom stereocenters. The number of para-hydroxylation sites is 1. The van der Waals surface area contributed by atoms with Crippen molar-refractivity contribution in [3.8, 4) is 5.75 Å². The van der Waals surface area contributed by atoms with Gasteiger partial charge in [-0.3, -0.25) is 14.4 Å². The fourth-order valence-electron chi connectivity index (χ4n) is 3.90. The van der Waals surface area contributed by atoms with Gasteiger partial charge in [0.15, 0.2) is 6.61 Å². The fourth-order valence-corrected chi connectivity index (χ4v) is 5.04. The molecule has 1 amide bonds. The van der Waals surface area contributed by atoms with Crippen molar-refractivity contribution in [2.45, 2.75) is 18.4 Å². The van der Waals surface area contributed by atoms with Crippen LogP contribution in [0.5, 0.6) is 5.75 Å². The average Bonchev–Trinajstić information content (AvgIpc) is 2.84. The number of amides is 1. The number of aryl methyl sites for hydroxylation is 1. The predicted molar refractivity (Wildman–Crippen MR) is 132 cm³/mol. The molecule has 0 saturated carbocycles. The van der Waals surface area contributed by atoms with Gasteiger partial charge in [0.05, 0.1) is 4.90 Å². The Bertz CT molecular complexity index is 1210. The van der Waals surface area contributed by atoms with Crippen LogP contribution in [0.2, 0.25) is 0 Å². The Balaban J connectivity index is 1.28. The molecule has 4 rings (SSSR count). The van der Waals surface area contributed by atoms with Gasteiger partial charge in [-0.05, 0) is 48.4 Å². The van der Waals surface area contributed by atoms with E-state index in [1.54, 1.807) is 43.3 Å². The van der Waals surface area contributed by atoms with Gasteiger partial charge >= 0.3 is 0 Å². The predicted octanol–water partition coefficient (Wildman–Crippen LogP) is 3.52. The molecule has 7 nitrogen and oxygen atoms in total. The molecule has 1 saturated heterocycles. The first-order valence-corrected chi connectivity index (χ1v) is 12.7. The van der Waals surface area contributed by atoms with E-state index in [0.29, 0.717) is 30.1 Å². The van der Waals surface area contributed by atoms with E-state index in [9.17, 15) is 13.2 Å². The molecule has 0 unspecified atom stereocenters. The summed E-state index contributed by atoms with van der Waals surface area (Å²) in [5.41, 5.74) is 2.41. The molecule has 34 heavy (non-hydrogen) atoms. The number of benzene rings is 3. The largest absolute Gasteiger partial charge is 0.483 e. The molecule has 0 bridgehead atoms. The fraction of sp³-hybridized carbons (Fsp3) is 0.269. The molecule has 8 heteroatoms. The van der Waals surface area contributed by atoms with Crippen LogP contribution in [0.15, 0.2) is 83.8 Å². The van der Waals surface area contributed by atoms with Crippen LogP contribution < -0.4 is 9.46 Å². The zero-order chi connectivity index (χ0) is 24.0. The Kier molecular flexibility index (Phi) is 7.49. The molecular weight excluding hydrogens is 450 g/mol. The number of hydrogen-bond donors (Lipinski definition) is 1. The van der Waals surface area contributed by atoms with Crippen LogP contribution >= 0.6 is 0 Å². The van der Waals surface area contributed by atoms with Gasteiger partial charge in [0, 0.05) is 38.4 Å². The molecule has 0 radical (unpaired) electrons. The molecule has 1 heterocycles. The van der Waals surface area contributed by atoms with Gasteiger partial charge in [0.2, 0.25) is 0 Å². The van der Waals surface area contributed by atoms with E-state index in [1.807, 2.05) is 29.2 Å². The zero-order valence-corrected chi connectivity index (χ0v) is 20.0. The van der Waals surface area contributed by atoms with E-state index < -0.39 is 10.0 Å². The second kappa shape index (κ2) is 10.7. The highest BCUT2D eigenvalue weighted by atomic mass is 32.2. The monoisotopic (exact) mass is 479 g/mol. The van der Waals surface area contributed by atoms with Crippen LogP contribution in [0.4, 0.5) is 5.69 Å². The summed E-state index contributed by atoms with van der Waals surface area (Å²) in [6, 6.07) is 23.7. The van der Waals surface area contributed by atoms with Crippen LogP contribution in [-0.4, -0.2) is 56.9 Å². The summed E-state index contributed by atoms with van der Waals surface area (Å²) < 4.78 is 33.6. The lowest BCUT2D eigenvalue weighted by molar-refractivity contribution is -0.135. The lowest BCUT2D eigenvalue weighted by Crippen LogP contribution is -2.49. The van der Waals surface area contributed by atoms with E-state index >= 15 is 0 Å². The second-order valence-electron chi connectivity index (χ2n) is 8.33. The van der Waals surface area contributed by atoms with Crippen molar-refractivity contribution in [2.24, 2.45) is 0 Å². The number of anilines is 1. The van der Waals surface area contributed by atoms with Gasteiger partial charge < -0.3 is 9.64 Å². The SMILES string of the molecule is Cc1cc(S(=O)(=O)Nc2ccccc2)ccc1OCC(=O)N1CCN(Cc2ccccc2)CC1. The zero-order valence-electron chi connectivity index (χ0n) is 19.2. The summed E-state index contributed by atoms with van der Waals surface area (Å²) in [4.78, 5) is 17.0. The van der Waals surface area contributed by atoms with Crippen molar-refractivity contribution < 1.29 is 17.9 Å². The number of nitrogens with zero attached hydrogens (tertiary/aromatic N) is 2. The van der Waals surface area contributed by atoms with Crippen LogP contribution in [0.25, 0.3) is 0 Å². The number of sulfonamides is 1. The maximum Gasteiger partial charge on any atom is 0.261 e. The summed E-state index contributed by atoms with van der Waals surface area (Å²) in [6.45, 7) is 5.54. The standard InChI is InChI=1S/C26H29N3O4S/c1-21-18-24(34(31,32)27-23-10-6-3-7-11-23)12-13-25(21)33-20-26(30)29-16-14-28(15-17-29)19-22-8-4-2-5-9-22/h2-13,18,27H,14-17,19-20H2,1H3. The quantitative estimate of drug-likeness (QED) is 0.535. The van der Waals surface area contributed by atoms with Crippen molar-refractivity contribution in [1.82, 2.24) is 9.80 Å². The number of ether oxygens (including phenoxy) is 1. The van der Waals surface area contributed by atoms with Crippen LogP contribution in [0.1, 0.15) is 11.1 Å². The first kappa shape index (κ1) is 23.8. The maximum atomic E-state index is 12.7. The Hall–Kier alpha value is -3.36. The van der Waals surface area contributed by atoms with Gasteiger partial charge in [-0.2, -0.15) is 0 Å². The minimum atomic E-state index is -3.71. The van der Waals surface area contributed by atoms with E-state index in [-0.39, 0.29) is 17.4 Å². The third-order valence-electron chi connectivity index (χ3n) is 5.81. The number of carbonyl (C=O) groups excluding carboxylic acids is 1. The first-order valence-electron chi connectivity index (χ1n) is 11.3. The van der Waals surface area contributed by atoms with Gasteiger partial charge in [0.1, 0.15) is 5.75 Å². The highest BCUT2D eigenvalue weighted by Gasteiger charge is 2.22. The maximum absolute atomic E-state index is 12.7. The van der Waals surface area contributed by atoms with Gasteiger partial charge in [-0.25, -0.2) is 8.42 Å². The minimum Gasteiger partial charge on any atom is -0.483 e. The molecule has 0 aliphatic carbocycles. The minimum absolute atomic E-state index is 0.0683. The Labute approximate surface area is 201 Å². The Morgan fingerprint density at radius 2 is 1.56 bits per heavy atom. The molecular formula is C26H29N3O4S. The van der Waals surface area contributed by atoms with Gasteiger partial charge in [-0.1, -0.05) is 48.5 Å². The topological polar surface area (TPSA) is 78.9 Å². The molecule has 0 aromatic heterocycles. The van der Waals surface area contributed by atoms with Gasteiger partial charge in [-0.15, -0.1) is 0 Å². The normalized spacial score (nSPS) is 14.6. The van der Waals surface area contributed by atoms with Crippen LogP contribution in [-0.2, 0) is 21.4 Å². The number of rotatable bonds is 8. The number of carbonyl (C=O) groups is 1. The molecule has 3 aromatic rings. The Morgan fingerprint density at radius 1 is 0.912 bits per heavy atom. The summed E-state index contributed by atoms with van der Waals surface area (Å²) in [5, 5.41) is 0. The number of hydrogen-bond acceptors (Lipinski definition) is 5. The van der Waals surface area contributed by atoms with E-state index in [1.165, 1.54) is 11.6 Å². The van der Waals surface area contributed by atoms with Crippen molar-refractivity contribution in [3.63, 3.8) is 0 Å². The number of piperazine rings is 1. The van der Waals surface area contributed by atoms with E-state index in [4.69, 9.17) is 4.74 Å². The van der Waals surface area contributed by atoms with Crippen LogP contribution in [0, 0.1) is 6.92 Å². The van der Waals surface area contributed by atoms with Crippen LogP contribution in [0.3, 0.4) is 0 Å². The van der Waals surface area contributed by atoms with E-state index in [0.717, 1.165) is 19.6 Å². The Morgan fingerprint density at radius 3 is 2.21 bits per heavy atom. The average molecular weight is 480 g/mol. The lowest BCUT2D eigenvalue weighted by atomic mass is 10.2. The summed E-state index contributed by atoms with van der Waals surface area (Å²) in [5.74, 6) is 0.427. The molecule has 1 N–H and O–H groups in total. The highest BCUT2D eigenvalue weighted by molar-refractivity contribution is 7.92. The van der Waals surface area contributed by atoms with Crippen molar-refractivity contribution in [1.29, 1.82) is 0 Å². The van der Waals surface area contributed by atoms with E-state index in [2.05, 4.69) is 21.8 Å². The van der Waals surface area contributed by atoms with Crippen molar-refractivity contribution in [2.75, 3.05) is 37.5 Å². The molecule has 178 valence electrons. The molecule has 1 aliphatic heterocycles. The lowest BCUT2D eigenvalue weighted by Gasteiger charge is -2.34. The molecule has 3 aromatic carbocycles. The summed E-state index contributed by atoms with van der Waals surface area (Å²) >= 11 is 0. The molecule has 0 spiro atoms. The molecule has 1 fully saturated rings. The summed E-state index contributed by atoms with van der Waals surface area (Å²) in [7, 11) is -3.71. The van der Waals surface area contributed by atoms with Crippen molar-refractivity contribution >= 4 is 21.6 Å². The smallest absolute Gasteiger partial charge is 0.261 e. The third-order valence-corrected chi connectivity index (χ3v) is 7.19. The summed E-state index contributed by atoms with van der Waals surface area (Å²) in [6.07, 6.45) is 0. The molecule has 1 aliphatic rings. The third kappa shape index (κ3) is 6.15. The van der Waals surface area contributed by atoms with Gasteiger partial charge in [0.25, 0.3) is 15.9 Å². The van der Waals surface area contributed by atoms with Crippen molar-refractivity contribution in [3.05, 3.63) is 90.0 Å². The number of nitrogens with one attached hydrogen (secondary N) is 1. The highest BCUT2D eigenvalue weighted by Crippen LogP contribution is 2.23.